The summed E-state index contributed by atoms with van der Waals surface area (Å²) in [5.74, 6) is 2.17. The molecular formula is C22H23N3O3. The number of benzene rings is 2. The normalized spacial score (nSPS) is 16.8. The first kappa shape index (κ1) is 18.2. The summed E-state index contributed by atoms with van der Waals surface area (Å²) in [5, 5.41) is 4.12. The first-order chi connectivity index (χ1) is 13.7. The summed E-state index contributed by atoms with van der Waals surface area (Å²) in [7, 11) is 1.63. The number of carbonyl (C=O) groups excluding carboxylic acids is 1. The molecule has 0 N–H and O–H groups in total. The fourth-order valence-corrected chi connectivity index (χ4v) is 3.55. The summed E-state index contributed by atoms with van der Waals surface area (Å²) in [4.78, 5) is 19.2. The van der Waals surface area contributed by atoms with Crippen molar-refractivity contribution < 1.29 is 14.1 Å². The van der Waals surface area contributed by atoms with Crippen LogP contribution in [0.15, 0.2) is 59.1 Å². The van der Waals surface area contributed by atoms with E-state index in [2.05, 4.69) is 10.1 Å². The van der Waals surface area contributed by atoms with E-state index in [1.54, 1.807) is 7.11 Å². The molecule has 0 aliphatic carbocycles. The van der Waals surface area contributed by atoms with Crippen molar-refractivity contribution in [3.05, 3.63) is 66.1 Å². The maximum Gasteiger partial charge on any atom is 0.231 e. The fraction of sp³-hybridized carbons (Fsp3) is 0.318. The van der Waals surface area contributed by atoms with Gasteiger partial charge in [0.2, 0.25) is 17.6 Å². The molecular weight excluding hydrogens is 354 g/mol. The lowest BCUT2D eigenvalue weighted by atomic mass is 9.97. The van der Waals surface area contributed by atoms with Gasteiger partial charge in [-0.2, -0.15) is 4.98 Å². The number of carbonyl (C=O) groups is 1. The molecule has 1 aliphatic heterocycles. The predicted molar refractivity (Wildman–Crippen MR) is 105 cm³/mol. The molecule has 0 spiro atoms. The zero-order valence-corrected chi connectivity index (χ0v) is 15.9. The molecule has 144 valence electrons. The number of nitrogens with zero attached hydrogens (tertiary/aromatic N) is 3. The van der Waals surface area contributed by atoms with Crippen LogP contribution in [0.2, 0.25) is 0 Å². The van der Waals surface area contributed by atoms with E-state index in [1.165, 1.54) is 0 Å². The molecule has 28 heavy (non-hydrogen) atoms. The maximum atomic E-state index is 12.7. The van der Waals surface area contributed by atoms with Gasteiger partial charge < -0.3 is 14.2 Å². The summed E-state index contributed by atoms with van der Waals surface area (Å²) < 4.78 is 10.7. The molecule has 0 bridgehead atoms. The fourth-order valence-electron chi connectivity index (χ4n) is 3.55. The van der Waals surface area contributed by atoms with Crippen LogP contribution < -0.4 is 4.74 Å². The summed E-state index contributed by atoms with van der Waals surface area (Å²) in [6.07, 6.45) is 2.30. The number of likely N-dealkylation sites (tertiary alicyclic amines) is 1. The molecule has 0 radical (unpaired) electrons. The van der Waals surface area contributed by atoms with Crippen molar-refractivity contribution in [3.63, 3.8) is 0 Å². The average molecular weight is 377 g/mol. The van der Waals surface area contributed by atoms with Gasteiger partial charge in [-0.3, -0.25) is 4.79 Å². The standard InChI is InChI=1S/C22H23N3O3/c1-27-19-11-9-17(10-12-19)21-23-22(28-24-21)18-8-5-13-25(15-18)20(26)14-16-6-3-2-4-7-16/h2-4,6-7,9-12,18H,5,8,13-15H2,1H3/t18-/m1/s1. The number of amides is 1. The smallest absolute Gasteiger partial charge is 0.231 e. The second-order valence-corrected chi connectivity index (χ2v) is 7.03. The molecule has 2 aromatic carbocycles. The number of aromatic nitrogens is 2. The van der Waals surface area contributed by atoms with Gasteiger partial charge in [0, 0.05) is 18.7 Å². The Hall–Kier alpha value is -3.15. The van der Waals surface area contributed by atoms with Gasteiger partial charge in [-0.15, -0.1) is 0 Å². The molecule has 3 aromatic rings. The van der Waals surface area contributed by atoms with Gasteiger partial charge >= 0.3 is 0 Å². The zero-order valence-electron chi connectivity index (χ0n) is 15.9. The van der Waals surface area contributed by atoms with E-state index >= 15 is 0 Å². The number of rotatable bonds is 5. The highest BCUT2D eigenvalue weighted by molar-refractivity contribution is 5.79. The second kappa shape index (κ2) is 8.25. The van der Waals surface area contributed by atoms with Crippen LogP contribution in [-0.4, -0.2) is 41.1 Å². The van der Waals surface area contributed by atoms with Crippen molar-refractivity contribution in [1.29, 1.82) is 0 Å². The van der Waals surface area contributed by atoms with Crippen molar-refractivity contribution in [1.82, 2.24) is 15.0 Å². The van der Waals surface area contributed by atoms with Gasteiger partial charge in [0.05, 0.1) is 19.4 Å². The third-order valence-electron chi connectivity index (χ3n) is 5.11. The van der Waals surface area contributed by atoms with E-state index in [9.17, 15) is 4.79 Å². The van der Waals surface area contributed by atoms with Crippen LogP contribution in [0.25, 0.3) is 11.4 Å². The van der Waals surface area contributed by atoms with Gasteiger partial charge in [0.15, 0.2) is 0 Å². The Bertz CT molecular complexity index is 922. The van der Waals surface area contributed by atoms with Gasteiger partial charge in [-0.25, -0.2) is 0 Å². The minimum absolute atomic E-state index is 0.0768. The topological polar surface area (TPSA) is 68.5 Å². The Kier molecular flexibility index (Phi) is 5.37. The number of piperidine rings is 1. The van der Waals surface area contributed by atoms with Crippen molar-refractivity contribution >= 4 is 5.91 Å². The van der Waals surface area contributed by atoms with E-state index in [0.29, 0.717) is 24.7 Å². The molecule has 2 heterocycles. The van der Waals surface area contributed by atoms with E-state index in [4.69, 9.17) is 9.26 Å². The summed E-state index contributed by atoms with van der Waals surface area (Å²) in [6.45, 7) is 1.40. The molecule has 1 saturated heterocycles. The van der Waals surface area contributed by atoms with Crippen molar-refractivity contribution in [2.75, 3.05) is 20.2 Å². The molecule has 6 nitrogen and oxygen atoms in total. The van der Waals surface area contributed by atoms with E-state index < -0.39 is 0 Å². The average Bonchev–Trinajstić information content (AvgIpc) is 3.25. The zero-order chi connectivity index (χ0) is 19.3. The molecule has 1 atom stereocenters. The first-order valence-corrected chi connectivity index (χ1v) is 9.52. The Labute approximate surface area is 164 Å². The van der Waals surface area contributed by atoms with E-state index in [-0.39, 0.29) is 11.8 Å². The molecule has 1 amide bonds. The van der Waals surface area contributed by atoms with Gasteiger partial charge in [-0.05, 0) is 42.7 Å². The quantitative estimate of drug-likeness (QED) is 0.678. The monoisotopic (exact) mass is 377 g/mol. The Balaban J connectivity index is 1.43. The summed E-state index contributed by atoms with van der Waals surface area (Å²) in [6, 6.07) is 17.4. The van der Waals surface area contributed by atoms with Crippen LogP contribution in [0.4, 0.5) is 0 Å². The number of methoxy groups -OCH3 is 1. The Morgan fingerprint density at radius 2 is 1.96 bits per heavy atom. The molecule has 6 heteroatoms. The number of hydrogen-bond donors (Lipinski definition) is 0. The second-order valence-electron chi connectivity index (χ2n) is 7.03. The third kappa shape index (κ3) is 4.06. The van der Waals surface area contributed by atoms with Crippen molar-refractivity contribution in [2.45, 2.75) is 25.2 Å². The van der Waals surface area contributed by atoms with Crippen LogP contribution >= 0.6 is 0 Å². The largest absolute Gasteiger partial charge is 0.497 e. The van der Waals surface area contributed by atoms with E-state index in [1.807, 2.05) is 59.5 Å². The van der Waals surface area contributed by atoms with Gasteiger partial charge in [0.1, 0.15) is 5.75 Å². The van der Waals surface area contributed by atoms with Crippen LogP contribution in [0.3, 0.4) is 0 Å². The molecule has 1 aromatic heterocycles. The van der Waals surface area contributed by atoms with Crippen LogP contribution in [0.1, 0.15) is 30.2 Å². The molecule has 1 aliphatic rings. The maximum absolute atomic E-state index is 12.7. The van der Waals surface area contributed by atoms with Crippen LogP contribution in [0.5, 0.6) is 5.75 Å². The molecule has 0 saturated carbocycles. The Morgan fingerprint density at radius 3 is 2.71 bits per heavy atom. The molecule has 1 fully saturated rings. The first-order valence-electron chi connectivity index (χ1n) is 9.52. The number of hydrogen-bond acceptors (Lipinski definition) is 5. The van der Waals surface area contributed by atoms with Gasteiger partial charge in [0.25, 0.3) is 0 Å². The third-order valence-corrected chi connectivity index (χ3v) is 5.11. The van der Waals surface area contributed by atoms with Crippen LogP contribution in [-0.2, 0) is 11.2 Å². The lowest BCUT2D eigenvalue weighted by molar-refractivity contribution is -0.131. The SMILES string of the molecule is COc1ccc(-c2noc([C@@H]3CCCN(C(=O)Cc4ccccc4)C3)n2)cc1. The Morgan fingerprint density at radius 1 is 1.18 bits per heavy atom. The predicted octanol–water partition coefficient (Wildman–Crippen LogP) is 3.69. The van der Waals surface area contributed by atoms with E-state index in [0.717, 1.165) is 36.3 Å². The minimum atomic E-state index is 0.0768. The highest BCUT2D eigenvalue weighted by atomic mass is 16.5. The van der Waals surface area contributed by atoms with Crippen molar-refractivity contribution in [2.24, 2.45) is 0 Å². The molecule has 4 rings (SSSR count). The van der Waals surface area contributed by atoms with Crippen LogP contribution in [0, 0.1) is 0 Å². The summed E-state index contributed by atoms with van der Waals surface area (Å²) >= 11 is 0. The number of ether oxygens (including phenoxy) is 1. The van der Waals surface area contributed by atoms with Gasteiger partial charge in [-0.1, -0.05) is 35.5 Å². The highest BCUT2D eigenvalue weighted by Gasteiger charge is 2.28. The molecule has 0 unspecified atom stereocenters. The lowest BCUT2D eigenvalue weighted by Crippen LogP contribution is -2.40. The lowest BCUT2D eigenvalue weighted by Gasteiger charge is -2.31. The highest BCUT2D eigenvalue weighted by Crippen LogP contribution is 2.28. The summed E-state index contributed by atoms with van der Waals surface area (Å²) in [5.41, 5.74) is 1.91. The minimum Gasteiger partial charge on any atom is -0.497 e. The van der Waals surface area contributed by atoms with Crippen molar-refractivity contribution in [3.8, 4) is 17.1 Å².